The molecule has 0 aliphatic rings. The lowest BCUT2D eigenvalue weighted by Crippen LogP contribution is -2.09. The minimum Gasteiger partial charge on any atom is -0.472 e. The number of hydrogen-bond acceptors (Lipinski definition) is 8. The second kappa shape index (κ2) is 8.95. The van der Waals surface area contributed by atoms with Crippen LogP contribution in [0.15, 0.2) is 96.5 Å². The Hall–Kier alpha value is -5.35. The van der Waals surface area contributed by atoms with E-state index >= 15 is 0 Å². The minimum absolute atomic E-state index is 0.600. The first-order valence-corrected chi connectivity index (χ1v) is 11.9. The summed E-state index contributed by atoms with van der Waals surface area (Å²) in [4.78, 5) is 21.5. The Morgan fingerprint density at radius 1 is 0.895 bits per heavy atom. The van der Waals surface area contributed by atoms with E-state index in [0.29, 0.717) is 22.9 Å². The van der Waals surface area contributed by atoms with E-state index in [0.717, 1.165) is 44.2 Å². The third-order valence-electron chi connectivity index (χ3n) is 6.36. The summed E-state index contributed by atoms with van der Waals surface area (Å²) >= 11 is 0. The average molecular weight is 501 g/mol. The highest BCUT2D eigenvalue weighted by Gasteiger charge is 2.17. The predicted molar refractivity (Wildman–Crippen MR) is 143 cm³/mol. The Labute approximate surface area is 215 Å². The van der Waals surface area contributed by atoms with Crippen molar-refractivity contribution in [3.8, 4) is 33.8 Å². The maximum absolute atomic E-state index is 10.6. The van der Waals surface area contributed by atoms with Crippen molar-refractivity contribution >= 4 is 27.8 Å². The molecular formula is C28H20N8O2. The fraction of sp³-hybridized carbons (Fsp3) is 0.0357. The minimum atomic E-state index is -0.858. The Morgan fingerprint density at radius 2 is 1.76 bits per heavy atom. The normalized spacial score (nSPS) is 12.2. The van der Waals surface area contributed by atoms with Gasteiger partial charge in [0.05, 0.1) is 41.5 Å². The molecule has 0 radical (unpaired) electrons. The average Bonchev–Trinajstić information content (AvgIpc) is 3.73. The van der Waals surface area contributed by atoms with Gasteiger partial charge in [0, 0.05) is 46.4 Å². The molecule has 0 aliphatic heterocycles. The van der Waals surface area contributed by atoms with Crippen LogP contribution < -0.4 is 5.32 Å². The van der Waals surface area contributed by atoms with E-state index in [9.17, 15) is 5.11 Å². The fourth-order valence-electron chi connectivity index (χ4n) is 4.47. The molecule has 0 saturated carbocycles. The van der Waals surface area contributed by atoms with E-state index < -0.39 is 6.23 Å². The fourth-order valence-corrected chi connectivity index (χ4v) is 4.47. The summed E-state index contributed by atoms with van der Waals surface area (Å²) in [6, 6.07) is 15.2. The number of imidazole rings is 1. The first-order chi connectivity index (χ1) is 18.7. The zero-order chi connectivity index (χ0) is 25.5. The number of anilines is 1. The van der Waals surface area contributed by atoms with Crippen molar-refractivity contribution in [3.63, 3.8) is 0 Å². The Kier molecular flexibility index (Phi) is 5.15. The Bertz CT molecular complexity index is 1880. The van der Waals surface area contributed by atoms with Gasteiger partial charge in [-0.1, -0.05) is 30.3 Å². The van der Waals surface area contributed by atoms with Crippen LogP contribution >= 0.6 is 0 Å². The molecule has 7 rings (SSSR count). The van der Waals surface area contributed by atoms with E-state index in [1.807, 2.05) is 48.5 Å². The third-order valence-corrected chi connectivity index (χ3v) is 6.36. The molecule has 0 aliphatic carbocycles. The van der Waals surface area contributed by atoms with Crippen LogP contribution in [0.5, 0.6) is 0 Å². The lowest BCUT2D eigenvalue weighted by Gasteiger charge is -2.15. The van der Waals surface area contributed by atoms with Crippen molar-refractivity contribution in [3.05, 3.63) is 97.6 Å². The van der Waals surface area contributed by atoms with E-state index in [-0.39, 0.29) is 0 Å². The molecule has 0 saturated heterocycles. The maximum atomic E-state index is 10.6. The highest BCUT2D eigenvalue weighted by atomic mass is 16.3. The summed E-state index contributed by atoms with van der Waals surface area (Å²) in [5.74, 6) is 0.600. The molecule has 1 unspecified atom stereocenters. The molecule has 6 aromatic heterocycles. The summed E-state index contributed by atoms with van der Waals surface area (Å²) in [7, 11) is 0. The predicted octanol–water partition coefficient (Wildman–Crippen LogP) is 5.32. The number of benzene rings is 1. The molecule has 38 heavy (non-hydrogen) atoms. The lowest BCUT2D eigenvalue weighted by molar-refractivity contribution is 0.208. The van der Waals surface area contributed by atoms with Gasteiger partial charge in [-0.05, 0) is 18.2 Å². The number of H-pyrrole nitrogens is 2. The highest BCUT2D eigenvalue weighted by molar-refractivity contribution is 5.96. The largest absolute Gasteiger partial charge is 0.472 e. The van der Waals surface area contributed by atoms with Crippen molar-refractivity contribution < 1.29 is 9.52 Å². The molecule has 0 fully saturated rings. The number of aromatic amines is 2. The molecule has 0 bridgehead atoms. The van der Waals surface area contributed by atoms with Gasteiger partial charge >= 0.3 is 0 Å². The SMILES string of the molecule is OC(Nc1cncc(-c2cnc3[nH]nc(-c4nc5c(-c6ccoc6)cncc5[nH]4)c3c2)c1)c1ccccc1. The van der Waals surface area contributed by atoms with Gasteiger partial charge in [0.15, 0.2) is 17.7 Å². The smallest absolute Gasteiger partial charge is 0.159 e. The molecule has 0 spiro atoms. The molecule has 7 aromatic rings. The van der Waals surface area contributed by atoms with Crippen molar-refractivity contribution in [2.24, 2.45) is 0 Å². The zero-order valence-electron chi connectivity index (χ0n) is 19.8. The number of nitrogens with one attached hydrogen (secondary N) is 3. The van der Waals surface area contributed by atoms with Gasteiger partial charge in [-0.2, -0.15) is 5.10 Å². The number of furan rings is 1. The van der Waals surface area contributed by atoms with Crippen LogP contribution in [-0.2, 0) is 0 Å². The van der Waals surface area contributed by atoms with Crippen LogP contribution in [0.1, 0.15) is 11.8 Å². The molecule has 6 heterocycles. The van der Waals surface area contributed by atoms with Crippen LogP contribution in [-0.4, -0.2) is 40.2 Å². The van der Waals surface area contributed by atoms with Gasteiger partial charge in [0.25, 0.3) is 0 Å². The van der Waals surface area contributed by atoms with Crippen molar-refractivity contribution in [2.45, 2.75) is 6.23 Å². The molecule has 0 amide bonds. The van der Waals surface area contributed by atoms with E-state index in [2.05, 4.69) is 35.5 Å². The monoisotopic (exact) mass is 500 g/mol. The first kappa shape index (κ1) is 21.9. The van der Waals surface area contributed by atoms with Crippen molar-refractivity contribution in [1.82, 2.24) is 35.1 Å². The van der Waals surface area contributed by atoms with Crippen molar-refractivity contribution in [2.75, 3.05) is 5.32 Å². The van der Waals surface area contributed by atoms with E-state index in [1.54, 1.807) is 43.5 Å². The van der Waals surface area contributed by atoms with Crippen LogP contribution in [0.4, 0.5) is 5.69 Å². The molecule has 1 aromatic carbocycles. The summed E-state index contributed by atoms with van der Waals surface area (Å²) < 4.78 is 5.25. The Morgan fingerprint density at radius 3 is 2.63 bits per heavy atom. The summed E-state index contributed by atoms with van der Waals surface area (Å²) in [6.07, 6.45) is 11.1. The van der Waals surface area contributed by atoms with Crippen LogP contribution in [0.2, 0.25) is 0 Å². The van der Waals surface area contributed by atoms with Gasteiger partial charge in [0.2, 0.25) is 0 Å². The Balaban J connectivity index is 1.25. The molecule has 4 N–H and O–H groups in total. The van der Waals surface area contributed by atoms with Gasteiger partial charge < -0.3 is 19.8 Å². The molecule has 1 atom stereocenters. The topological polar surface area (TPSA) is 141 Å². The third kappa shape index (κ3) is 3.85. The standard InChI is InChI=1S/C28H20N8O2/c37-28(16-4-2-1-3-5-16)32-20-8-18(10-29-12-20)19-9-21-25(35-36-26(21)31-11-19)27-33-23-14-30-13-22(24(23)34-27)17-6-7-38-15-17/h1-15,28,32,37H,(H,33,34)(H,31,35,36). The number of pyridine rings is 3. The zero-order valence-corrected chi connectivity index (χ0v) is 19.8. The van der Waals surface area contributed by atoms with Gasteiger partial charge in [0.1, 0.15) is 11.2 Å². The van der Waals surface area contributed by atoms with E-state index in [4.69, 9.17) is 9.40 Å². The molecule has 10 nitrogen and oxygen atoms in total. The van der Waals surface area contributed by atoms with Crippen molar-refractivity contribution in [1.29, 1.82) is 0 Å². The number of fused-ring (bicyclic) bond motifs is 2. The summed E-state index contributed by atoms with van der Waals surface area (Å²) in [5, 5.41) is 22.0. The van der Waals surface area contributed by atoms with Crippen LogP contribution in [0.3, 0.4) is 0 Å². The summed E-state index contributed by atoms with van der Waals surface area (Å²) in [6.45, 7) is 0. The van der Waals surface area contributed by atoms with Crippen LogP contribution in [0.25, 0.3) is 55.8 Å². The first-order valence-electron chi connectivity index (χ1n) is 11.9. The number of aliphatic hydroxyl groups excluding tert-OH is 1. The lowest BCUT2D eigenvalue weighted by atomic mass is 10.1. The number of aromatic nitrogens is 7. The van der Waals surface area contributed by atoms with Gasteiger partial charge in [-0.25, -0.2) is 9.97 Å². The number of nitrogens with zero attached hydrogens (tertiary/aromatic N) is 5. The quantitative estimate of drug-likeness (QED) is 0.225. The number of rotatable bonds is 6. The maximum Gasteiger partial charge on any atom is 0.159 e. The van der Waals surface area contributed by atoms with Gasteiger partial charge in [-0.3, -0.25) is 15.1 Å². The number of hydrogen-bond donors (Lipinski definition) is 4. The molecule has 10 heteroatoms. The second-order valence-corrected chi connectivity index (χ2v) is 8.79. The molecular weight excluding hydrogens is 480 g/mol. The van der Waals surface area contributed by atoms with Crippen LogP contribution in [0, 0.1) is 0 Å². The van der Waals surface area contributed by atoms with E-state index in [1.165, 1.54) is 0 Å². The van der Waals surface area contributed by atoms with Gasteiger partial charge in [-0.15, -0.1) is 0 Å². The second-order valence-electron chi connectivity index (χ2n) is 8.79. The highest BCUT2D eigenvalue weighted by Crippen LogP contribution is 2.32. The number of aliphatic hydroxyl groups is 1. The summed E-state index contributed by atoms with van der Waals surface area (Å²) in [5.41, 5.74) is 7.75. The molecule has 184 valence electrons.